The number of carboxylic acid groups (broad SMARTS) is 2. The van der Waals surface area contributed by atoms with Gasteiger partial charge in [0.05, 0.1) is 13.0 Å². The maximum Gasteiger partial charge on any atom is 0.408 e. The maximum absolute atomic E-state index is 13.3. The summed E-state index contributed by atoms with van der Waals surface area (Å²) in [5.74, 6) is -4.32. The van der Waals surface area contributed by atoms with Crippen LogP contribution in [0.3, 0.4) is 0 Å². The lowest BCUT2D eigenvalue weighted by molar-refractivity contribution is -0.160. The lowest BCUT2D eigenvalue weighted by atomic mass is 9.72. The summed E-state index contributed by atoms with van der Waals surface area (Å²) < 4.78 is 5.26. The van der Waals surface area contributed by atoms with Gasteiger partial charge in [-0.05, 0) is 39.2 Å². The van der Waals surface area contributed by atoms with Gasteiger partial charge in [-0.15, -0.1) is 0 Å². The predicted molar refractivity (Wildman–Crippen MR) is 116 cm³/mol. The number of hydrogen-bond donors (Lipinski definition) is 3. The number of alkyl carbamates (subject to hydrolysis) is 1. The fourth-order valence-electron chi connectivity index (χ4n) is 4.69. The van der Waals surface area contributed by atoms with Gasteiger partial charge in [-0.3, -0.25) is 4.79 Å². The minimum absolute atomic E-state index is 0.0214. The molecule has 0 aromatic heterocycles. The molecule has 1 aromatic carbocycles. The van der Waals surface area contributed by atoms with E-state index in [0.29, 0.717) is 5.56 Å². The number of nitrogens with one attached hydrogen (secondary N) is 1. The van der Waals surface area contributed by atoms with Gasteiger partial charge in [0.2, 0.25) is 5.91 Å². The zero-order chi connectivity index (χ0) is 24.3. The Hall–Kier alpha value is -3.10. The molecule has 1 heterocycles. The van der Waals surface area contributed by atoms with Gasteiger partial charge in [0.1, 0.15) is 11.1 Å². The number of hydrogen-bond acceptors (Lipinski definition) is 5. The lowest BCUT2D eigenvalue weighted by Gasteiger charge is -2.39. The smallest absolute Gasteiger partial charge is 0.408 e. The first-order chi connectivity index (χ1) is 14.8. The molecule has 1 saturated heterocycles. The zero-order valence-electron chi connectivity index (χ0n) is 19.2. The Morgan fingerprint density at radius 2 is 1.69 bits per heavy atom. The molecule has 2 amide bonds. The highest BCUT2D eigenvalue weighted by Gasteiger charge is 2.68. The van der Waals surface area contributed by atoms with Crippen LogP contribution in [0.5, 0.6) is 0 Å². The second-order valence-electron chi connectivity index (χ2n) is 9.09. The van der Waals surface area contributed by atoms with E-state index in [1.165, 1.54) is 0 Å². The molecule has 1 fully saturated rings. The van der Waals surface area contributed by atoms with Crippen molar-refractivity contribution < 1.29 is 34.1 Å². The van der Waals surface area contributed by atoms with Crippen LogP contribution in [0.2, 0.25) is 0 Å². The molecule has 0 saturated carbocycles. The molecule has 0 bridgehead atoms. The second-order valence-corrected chi connectivity index (χ2v) is 9.09. The normalized spacial score (nSPS) is 25.3. The summed E-state index contributed by atoms with van der Waals surface area (Å²) in [6.07, 6.45) is -0.982. The van der Waals surface area contributed by atoms with E-state index in [1.54, 1.807) is 65.0 Å². The fourth-order valence-corrected chi connectivity index (χ4v) is 4.69. The summed E-state index contributed by atoms with van der Waals surface area (Å²) in [4.78, 5) is 52.1. The number of aliphatic carboxylic acids is 2. The number of ether oxygens (including phenoxy) is 1. The molecule has 176 valence electrons. The van der Waals surface area contributed by atoms with Crippen molar-refractivity contribution in [2.24, 2.45) is 5.92 Å². The second kappa shape index (κ2) is 9.18. The lowest BCUT2D eigenvalue weighted by Crippen LogP contribution is -2.63. The Morgan fingerprint density at radius 1 is 1.09 bits per heavy atom. The summed E-state index contributed by atoms with van der Waals surface area (Å²) >= 11 is 0. The summed E-state index contributed by atoms with van der Waals surface area (Å²) in [7, 11) is 0. The van der Waals surface area contributed by atoms with Crippen LogP contribution >= 0.6 is 0 Å². The average Bonchev–Trinajstić information content (AvgIpc) is 2.98. The van der Waals surface area contributed by atoms with E-state index in [-0.39, 0.29) is 19.3 Å². The molecule has 32 heavy (non-hydrogen) atoms. The Kier molecular flexibility index (Phi) is 7.22. The summed E-state index contributed by atoms with van der Waals surface area (Å²) in [5.41, 5.74) is -4.03. The highest BCUT2D eigenvalue weighted by atomic mass is 16.6. The van der Waals surface area contributed by atoms with Crippen LogP contribution in [0.15, 0.2) is 30.3 Å². The Bertz CT molecular complexity index is 880. The van der Waals surface area contributed by atoms with Crippen molar-refractivity contribution >= 4 is 23.9 Å². The van der Waals surface area contributed by atoms with Crippen molar-refractivity contribution in [1.29, 1.82) is 0 Å². The van der Waals surface area contributed by atoms with Gasteiger partial charge < -0.3 is 25.2 Å². The Morgan fingerprint density at radius 3 is 2.12 bits per heavy atom. The number of benzene rings is 1. The van der Waals surface area contributed by atoms with Gasteiger partial charge in [0.15, 0.2) is 5.54 Å². The van der Waals surface area contributed by atoms with Crippen molar-refractivity contribution in [2.45, 2.75) is 70.6 Å². The standard InChI is InChI=1S/C23H32N2O7/c1-6-16-22(18(27)28,24-20(31)32-21(3,4)5)14-25(23(16,7-2)19(29)30)17(26)13-15-11-9-8-10-12-15/h8-12,16H,6-7,13-14H2,1-5H3,(H,24,31)(H,27,28)(H,29,30)/t16?,22-,23+/m0/s1. The number of rotatable bonds is 7. The molecule has 1 unspecified atom stereocenters. The van der Waals surface area contributed by atoms with E-state index < -0.39 is 53.1 Å². The summed E-state index contributed by atoms with van der Waals surface area (Å²) in [6, 6.07) is 8.80. The van der Waals surface area contributed by atoms with E-state index in [2.05, 4.69) is 5.32 Å². The number of amides is 2. The molecule has 1 aromatic rings. The largest absolute Gasteiger partial charge is 0.479 e. The van der Waals surface area contributed by atoms with Gasteiger partial charge in [0.25, 0.3) is 0 Å². The molecule has 0 radical (unpaired) electrons. The van der Waals surface area contributed by atoms with Crippen LogP contribution < -0.4 is 5.32 Å². The molecule has 9 nitrogen and oxygen atoms in total. The minimum atomic E-state index is -2.02. The first kappa shape index (κ1) is 25.2. The number of likely N-dealkylation sites (tertiary alicyclic amines) is 1. The molecular formula is C23H32N2O7. The minimum Gasteiger partial charge on any atom is -0.479 e. The first-order valence-electron chi connectivity index (χ1n) is 10.7. The van der Waals surface area contributed by atoms with Crippen LogP contribution in [-0.2, 0) is 25.5 Å². The van der Waals surface area contributed by atoms with Crippen LogP contribution in [-0.4, -0.2) is 62.3 Å². The van der Waals surface area contributed by atoms with E-state index in [0.717, 1.165) is 4.90 Å². The van der Waals surface area contributed by atoms with Gasteiger partial charge in [-0.2, -0.15) is 0 Å². The maximum atomic E-state index is 13.3. The van der Waals surface area contributed by atoms with Crippen molar-refractivity contribution in [3.05, 3.63) is 35.9 Å². The molecule has 1 aliphatic heterocycles. The number of carboxylic acids is 2. The highest BCUT2D eigenvalue weighted by Crippen LogP contribution is 2.46. The van der Waals surface area contributed by atoms with Crippen LogP contribution in [0.4, 0.5) is 4.79 Å². The van der Waals surface area contributed by atoms with Gasteiger partial charge >= 0.3 is 18.0 Å². The van der Waals surface area contributed by atoms with Crippen LogP contribution in [0.1, 0.15) is 53.0 Å². The molecule has 1 aliphatic rings. The van der Waals surface area contributed by atoms with Gasteiger partial charge in [0, 0.05) is 5.92 Å². The molecule has 3 atom stereocenters. The SMILES string of the molecule is CCC1[C@](CC)(C(=O)O)N(C(=O)Cc2ccccc2)C[C@@]1(NC(=O)OC(C)(C)C)C(=O)O. The van der Waals surface area contributed by atoms with Gasteiger partial charge in [-0.25, -0.2) is 14.4 Å². The zero-order valence-corrected chi connectivity index (χ0v) is 19.2. The molecule has 0 aliphatic carbocycles. The van der Waals surface area contributed by atoms with Crippen LogP contribution in [0, 0.1) is 5.92 Å². The number of nitrogens with zero attached hydrogens (tertiary/aromatic N) is 1. The van der Waals surface area contributed by atoms with E-state index in [9.17, 15) is 29.4 Å². The van der Waals surface area contributed by atoms with Crippen molar-refractivity contribution in [1.82, 2.24) is 10.2 Å². The van der Waals surface area contributed by atoms with E-state index in [1.807, 2.05) is 0 Å². The quantitative estimate of drug-likeness (QED) is 0.584. The third kappa shape index (κ3) is 4.56. The predicted octanol–water partition coefficient (Wildman–Crippen LogP) is 2.68. The molecule has 9 heteroatoms. The Labute approximate surface area is 187 Å². The molecule has 0 spiro atoms. The van der Waals surface area contributed by atoms with Crippen LogP contribution in [0.25, 0.3) is 0 Å². The third-order valence-corrected chi connectivity index (χ3v) is 5.98. The molecule has 2 rings (SSSR count). The number of carbonyl (C=O) groups excluding carboxylic acids is 2. The summed E-state index contributed by atoms with van der Waals surface area (Å²) in [6.45, 7) is 7.67. The summed E-state index contributed by atoms with van der Waals surface area (Å²) in [5, 5.41) is 22.9. The molecular weight excluding hydrogens is 416 g/mol. The molecule has 3 N–H and O–H groups in total. The first-order valence-corrected chi connectivity index (χ1v) is 10.7. The monoisotopic (exact) mass is 448 g/mol. The average molecular weight is 449 g/mol. The van der Waals surface area contributed by atoms with Crippen molar-refractivity contribution in [3.63, 3.8) is 0 Å². The number of carbonyl (C=O) groups is 4. The van der Waals surface area contributed by atoms with Gasteiger partial charge in [-0.1, -0.05) is 44.2 Å². The topological polar surface area (TPSA) is 133 Å². The van der Waals surface area contributed by atoms with Crippen molar-refractivity contribution in [3.8, 4) is 0 Å². The van der Waals surface area contributed by atoms with E-state index >= 15 is 0 Å². The fraction of sp³-hybridized carbons (Fsp3) is 0.565. The van der Waals surface area contributed by atoms with Crippen molar-refractivity contribution in [2.75, 3.05) is 6.54 Å². The Balaban J connectivity index is 2.56. The van der Waals surface area contributed by atoms with E-state index in [4.69, 9.17) is 4.74 Å². The third-order valence-electron chi connectivity index (χ3n) is 5.98. The highest BCUT2D eigenvalue weighted by molar-refractivity contribution is 5.95.